The van der Waals surface area contributed by atoms with E-state index in [1.165, 1.54) is 6.42 Å². The van der Waals surface area contributed by atoms with Crippen molar-refractivity contribution in [2.75, 3.05) is 6.54 Å². The number of hydrogen-bond acceptors (Lipinski definition) is 4. The predicted molar refractivity (Wildman–Crippen MR) is 106 cm³/mol. The number of unbranched alkanes of at least 4 members (excludes halogenated alkanes) is 4. The number of nitrogens with one attached hydrogen (secondary N) is 2. The molecule has 0 aromatic heterocycles. The fraction of sp³-hybridized carbons (Fsp3) is 0.857. The van der Waals surface area contributed by atoms with E-state index in [4.69, 9.17) is 5.21 Å². The molecule has 7 nitrogen and oxygen atoms in total. The zero-order chi connectivity index (χ0) is 20.7. The highest BCUT2D eigenvalue weighted by Crippen LogP contribution is 2.42. The van der Waals surface area contributed by atoms with Gasteiger partial charge in [-0.2, -0.15) is 0 Å². The summed E-state index contributed by atoms with van der Waals surface area (Å²) in [7, 11) is 0. The van der Waals surface area contributed by atoms with Crippen LogP contribution in [0.3, 0.4) is 0 Å². The van der Waals surface area contributed by atoms with Gasteiger partial charge >= 0.3 is 0 Å². The number of hydrogen-bond donors (Lipinski definition) is 3. The van der Waals surface area contributed by atoms with Crippen LogP contribution in [0.4, 0.5) is 0 Å². The van der Waals surface area contributed by atoms with E-state index in [1.807, 2.05) is 13.8 Å². The Bertz CT molecular complexity index is 562. The second-order valence-electron chi connectivity index (χ2n) is 8.88. The zero-order valence-electron chi connectivity index (χ0n) is 17.6. The summed E-state index contributed by atoms with van der Waals surface area (Å²) in [6.45, 7) is 6.54. The van der Waals surface area contributed by atoms with E-state index in [-0.39, 0.29) is 30.2 Å². The number of likely N-dealkylation sites (tertiary alicyclic amines) is 1. The first-order valence-corrected chi connectivity index (χ1v) is 10.9. The molecule has 1 saturated heterocycles. The molecule has 0 unspecified atom stereocenters. The first-order chi connectivity index (χ1) is 13.3. The maximum Gasteiger partial charge on any atom is 0.244 e. The van der Waals surface area contributed by atoms with Gasteiger partial charge in [0, 0.05) is 19.0 Å². The van der Waals surface area contributed by atoms with Crippen molar-refractivity contribution < 1.29 is 19.6 Å². The molecule has 28 heavy (non-hydrogen) atoms. The minimum Gasteiger partial charge on any atom is -0.352 e. The first-order valence-electron chi connectivity index (χ1n) is 10.9. The van der Waals surface area contributed by atoms with Gasteiger partial charge in [-0.25, -0.2) is 5.48 Å². The van der Waals surface area contributed by atoms with Crippen molar-refractivity contribution in [1.82, 2.24) is 15.7 Å². The van der Waals surface area contributed by atoms with Gasteiger partial charge in [0.2, 0.25) is 17.7 Å². The fourth-order valence-corrected chi connectivity index (χ4v) is 4.33. The van der Waals surface area contributed by atoms with Gasteiger partial charge in [0.1, 0.15) is 6.04 Å². The van der Waals surface area contributed by atoms with Crippen LogP contribution in [0.25, 0.3) is 0 Å². The average Bonchev–Trinajstić information content (AvgIpc) is 3.41. The molecular formula is C21H37N3O4. The van der Waals surface area contributed by atoms with Gasteiger partial charge in [0.25, 0.3) is 0 Å². The smallest absolute Gasteiger partial charge is 0.244 e. The summed E-state index contributed by atoms with van der Waals surface area (Å²) in [6.07, 6.45) is 8.49. The van der Waals surface area contributed by atoms with Crippen LogP contribution in [-0.4, -0.2) is 46.5 Å². The largest absolute Gasteiger partial charge is 0.352 e. The molecule has 0 spiro atoms. The van der Waals surface area contributed by atoms with Crippen molar-refractivity contribution in [3.8, 4) is 0 Å². The summed E-state index contributed by atoms with van der Waals surface area (Å²) in [5.74, 6) is -0.741. The summed E-state index contributed by atoms with van der Waals surface area (Å²) < 4.78 is 0. The van der Waals surface area contributed by atoms with Gasteiger partial charge in [0.05, 0.1) is 5.41 Å². The van der Waals surface area contributed by atoms with Gasteiger partial charge in [-0.15, -0.1) is 0 Å². The molecule has 7 heteroatoms. The SMILES string of the molecule is CCCCCCC[C@@]1(CC(=O)NO)CCN([C@@H](C(=O)NC2CC2)C(C)C)C1=O. The van der Waals surface area contributed by atoms with Crippen molar-refractivity contribution in [1.29, 1.82) is 0 Å². The van der Waals surface area contributed by atoms with Crippen LogP contribution in [0.15, 0.2) is 0 Å². The number of rotatable bonds is 12. The molecule has 0 aromatic rings. The minimum atomic E-state index is -0.813. The van der Waals surface area contributed by atoms with E-state index in [2.05, 4.69) is 12.2 Å². The third-order valence-electron chi connectivity index (χ3n) is 6.09. The zero-order valence-corrected chi connectivity index (χ0v) is 17.6. The minimum absolute atomic E-state index is 0.00489. The van der Waals surface area contributed by atoms with E-state index in [1.54, 1.807) is 10.4 Å². The van der Waals surface area contributed by atoms with E-state index in [9.17, 15) is 14.4 Å². The Kier molecular flexibility index (Phi) is 8.28. The standard InChI is InChI=1S/C21H37N3O4/c1-4-5-6-7-8-11-21(14-17(25)23-28)12-13-24(20(21)27)18(15(2)3)19(26)22-16-9-10-16/h15-16,18,28H,4-14H2,1-3H3,(H,22,26)(H,23,25)/t18-,21+/m1/s1. The number of amides is 3. The molecule has 3 amide bonds. The van der Waals surface area contributed by atoms with Crippen molar-refractivity contribution in [3.05, 3.63) is 0 Å². The van der Waals surface area contributed by atoms with Crippen LogP contribution in [0.5, 0.6) is 0 Å². The predicted octanol–water partition coefficient (Wildman–Crippen LogP) is 2.76. The third-order valence-corrected chi connectivity index (χ3v) is 6.09. The Morgan fingerprint density at radius 1 is 1.21 bits per heavy atom. The van der Waals surface area contributed by atoms with Gasteiger partial charge in [-0.1, -0.05) is 52.9 Å². The summed E-state index contributed by atoms with van der Waals surface area (Å²) >= 11 is 0. The summed E-state index contributed by atoms with van der Waals surface area (Å²) in [6, 6.07) is -0.262. The maximum atomic E-state index is 13.4. The van der Waals surface area contributed by atoms with Crippen molar-refractivity contribution in [2.45, 2.75) is 97.1 Å². The molecule has 1 heterocycles. The molecule has 160 valence electrons. The van der Waals surface area contributed by atoms with E-state index in [0.717, 1.165) is 38.5 Å². The lowest BCUT2D eigenvalue weighted by atomic mass is 9.77. The molecule has 0 aromatic carbocycles. The monoisotopic (exact) mass is 395 g/mol. The van der Waals surface area contributed by atoms with Crippen LogP contribution in [0, 0.1) is 11.3 Å². The highest BCUT2D eigenvalue weighted by molar-refractivity contribution is 5.94. The Balaban J connectivity index is 2.11. The van der Waals surface area contributed by atoms with Gasteiger partial charge in [-0.05, 0) is 31.6 Å². The van der Waals surface area contributed by atoms with Crippen molar-refractivity contribution >= 4 is 17.7 Å². The Hall–Kier alpha value is -1.63. The number of hydroxylamine groups is 1. The van der Waals surface area contributed by atoms with Crippen LogP contribution >= 0.6 is 0 Å². The maximum absolute atomic E-state index is 13.4. The topological polar surface area (TPSA) is 98.7 Å². The van der Waals surface area contributed by atoms with Crippen LogP contribution in [0.2, 0.25) is 0 Å². The van der Waals surface area contributed by atoms with E-state index >= 15 is 0 Å². The molecule has 2 aliphatic rings. The average molecular weight is 396 g/mol. The highest BCUT2D eigenvalue weighted by Gasteiger charge is 2.51. The van der Waals surface area contributed by atoms with Crippen molar-refractivity contribution in [3.63, 3.8) is 0 Å². The molecule has 2 rings (SSSR count). The third kappa shape index (κ3) is 5.69. The van der Waals surface area contributed by atoms with Crippen LogP contribution in [0.1, 0.15) is 85.0 Å². The molecule has 1 aliphatic carbocycles. The van der Waals surface area contributed by atoms with E-state index in [0.29, 0.717) is 19.4 Å². The summed E-state index contributed by atoms with van der Waals surface area (Å²) in [5, 5.41) is 12.0. The van der Waals surface area contributed by atoms with Gasteiger partial charge in [-0.3, -0.25) is 19.6 Å². The van der Waals surface area contributed by atoms with Crippen molar-refractivity contribution in [2.24, 2.45) is 11.3 Å². The van der Waals surface area contributed by atoms with E-state index < -0.39 is 17.4 Å². The lowest BCUT2D eigenvalue weighted by Crippen LogP contribution is -2.52. The Morgan fingerprint density at radius 3 is 2.46 bits per heavy atom. The van der Waals surface area contributed by atoms with Crippen LogP contribution in [-0.2, 0) is 14.4 Å². The first kappa shape index (κ1) is 22.7. The lowest BCUT2D eigenvalue weighted by Gasteiger charge is -2.33. The number of nitrogens with zero attached hydrogens (tertiary/aromatic N) is 1. The second-order valence-corrected chi connectivity index (χ2v) is 8.88. The molecule has 1 saturated carbocycles. The molecule has 0 radical (unpaired) electrons. The normalized spacial score (nSPS) is 23.2. The molecule has 3 N–H and O–H groups in total. The number of carbonyl (C=O) groups is 3. The molecular weight excluding hydrogens is 358 g/mol. The van der Waals surface area contributed by atoms with Crippen LogP contribution < -0.4 is 10.8 Å². The Morgan fingerprint density at radius 2 is 1.89 bits per heavy atom. The molecule has 1 aliphatic heterocycles. The lowest BCUT2D eigenvalue weighted by molar-refractivity contribution is -0.147. The summed E-state index contributed by atoms with van der Waals surface area (Å²) in [4.78, 5) is 39.8. The second kappa shape index (κ2) is 10.2. The number of carbonyl (C=O) groups excluding carboxylic acids is 3. The Labute approximate surface area is 168 Å². The molecule has 2 atom stereocenters. The quantitative estimate of drug-likeness (QED) is 0.269. The van der Waals surface area contributed by atoms with Gasteiger partial charge in [0.15, 0.2) is 0 Å². The van der Waals surface area contributed by atoms with Gasteiger partial charge < -0.3 is 10.2 Å². The fourth-order valence-electron chi connectivity index (χ4n) is 4.33. The molecule has 2 fully saturated rings. The highest BCUT2D eigenvalue weighted by atomic mass is 16.5. The summed E-state index contributed by atoms with van der Waals surface area (Å²) in [5.41, 5.74) is 0.869. The molecule has 0 bridgehead atoms.